The highest BCUT2D eigenvalue weighted by atomic mass is 79.9. The molecule has 0 fully saturated rings. The van der Waals surface area contributed by atoms with Crippen LogP contribution in [0.1, 0.15) is 0 Å². The lowest BCUT2D eigenvalue weighted by Gasteiger charge is -2.18. The van der Waals surface area contributed by atoms with E-state index in [9.17, 15) is 13.2 Å². The van der Waals surface area contributed by atoms with Crippen LogP contribution >= 0.6 is 27.3 Å². The lowest BCUT2D eigenvalue weighted by molar-refractivity contribution is -0.118. The maximum Gasteiger partial charge on any atom is 0.273 e. The Balaban J connectivity index is 1.60. The van der Waals surface area contributed by atoms with E-state index in [-0.39, 0.29) is 16.7 Å². The zero-order chi connectivity index (χ0) is 20.1. The van der Waals surface area contributed by atoms with Crippen LogP contribution in [0, 0.1) is 0 Å². The number of sulfonamides is 1. The Morgan fingerprint density at radius 1 is 1.11 bits per heavy atom. The van der Waals surface area contributed by atoms with Gasteiger partial charge in [-0.25, -0.2) is 8.42 Å². The van der Waals surface area contributed by atoms with Gasteiger partial charge in [-0.1, -0.05) is 18.2 Å². The number of rotatable bonds is 7. The van der Waals surface area contributed by atoms with Crippen molar-refractivity contribution in [2.24, 2.45) is 0 Å². The molecule has 0 saturated carbocycles. The molecule has 0 radical (unpaired) electrons. The quantitative estimate of drug-likeness (QED) is 0.545. The van der Waals surface area contributed by atoms with Crippen molar-refractivity contribution in [1.29, 1.82) is 0 Å². The molecule has 3 rings (SSSR count). The molecule has 0 spiro atoms. The van der Waals surface area contributed by atoms with Crippen molar-refractivity contribution in [3.63, 3.8) is 0 Å². The predicted octanol–water partition coefficient (Wildman–Crippen LogP) is 4.35. The predicted molar refractivity (Wildman–Crippen MR) is 115 cm³/mol. The van der Waals surface area contributed by atoms with Crippen molar-refractivity contribution < 1.29 is 17.9 Å². The molecule has 0 aliphatic heterocycles. The molecule has 0 atom stereocenters. The van der Waals surface area contributed by atoms with Crippen molar-refractivity contribution in [3.8, 4) is 5.75 Å². The van der Waals surface area contributed by atoms with Gasteiger partial charge in [0, 0.05) is 11.5 Å². The van der Waals surface area contributed by atoms with Crippen LogP contribution in [0.5, 0.6) is 5.75 Å². The Kier molecular flexibility index (Phi) is 6.38. The Morgan fingerprint density at radius 2 is 1.82 bits per heavy atom. The van der Waals surface area contributed by atoms with E-state index in [1.807, 2.05) is 18.2 Å². The summed E-state index contributed by atoms with van der Waals surface area (Å²) in [4.78, 5) is 12.0. The van der Waals surface area contributed by atoms with Crippen molar-refractivity contribution in [1.82, 2.24) is 0 Å². The molecular formula is C19H17BrN2O4S2. The first-order chi connectivity index (χ1) is 13.4. The monoisotopic (exact) mass is 480 g/mol. The average Bonchev–Trinajstić information content (AvgIpc) is 3.24. The number of nitrogens with one attached hydrogen (secondary N) is 1. The van der Waals surface area contributed by atoms with Gasteiger partial charge in [0.1, 0.15) is 9.96 Å². The Labute approximate surface area is 175 Å². The molecule has 9 heteroatoms. The topological polar surface area (TPSA) is 75.7 Å². The number of anilines is 2. The molecule has 1 heterocycles. The third-order valence-corrected chi connectivity index (χ3v) is 7.68. The molecule has 1 aromatic heterocycles. The minimum absolute atomic E-state index is 0.163. The summed E-state index contributed by atoms with van der Waals surface area (Å²) >= 11 is 4.53. The Morgan fingerprint density at radius 3 is 2.46 bits per heavy atom. The number of hydrogen-bond donors (Lipinski definition) is 1. The van der Waals surface area contributed by atoms with Crippen LogP contribution in [0.2, 0.25) is 0 Å². The van der Waals surface area contributed by atoms with Crippen LogP contribution in [0.4, 0.5) is 11.4 Å². The van der Waals surface area contributed by atoms with Crippen LogP contribution in [0.15, 0.2) is 74.7 Å². The number of ether oxygens (including phenoxy) is 1. The summed E-state index contributed by atoms with van der Waals surface area (Å²) in [5.74, 6) is 0.168. The largest absolute Gasteiger partial charge is 0.484 e. The molecule has 1 N–H and O–H groups in total. The van der Waals surface area contributed by atoms with Crippen LogP contribution in [-0.4, -0.2) is 28.0 Å². The molecule has 146 valence electrons. The summed E-state index contributed by atoms with van der Waals surface area (Å²) in [7, 11) is -2.09. The van der Waals surface area contributed by atoms with E-state index in [0.29, 0.717) is 17.1 Å². The lowest BCUT2D eigenvalue weighted by Crippen LogP contribution is -2.25. The summed E-state index contributed by atoms with van der Waals surface area (Å²) in [6, 6.07) is 17.1. The maximum absolute atomic E-state index is 12.5. The number of amides is 1. The number of thiophene rings is 1. The second-order valence-electron chi connectivity index (χ2n) is 5.72. The Hall–Kier alpha value is -2.36. The van der Waals surface area contributed by atoms with E-state index in [1.54, 1.807) is 47.8 Å². The highest BCUT2D eigenvalue weighted by molar-refractivity contribution is 9.10. The van der Waals surface area contributed by atoms with Crippen LogP contribution in [-0.2, 0) is 14.8 Å². The van der Waals surface area contributed by atoms with Gasteiger partial charge in [0.25, 0.3) is 15.9 Å². The lowest BCUT2D eigenvalue weighted by atomic mass is 10.3. The Bertz CT molecular complexity index is 1050. The van der Waals surface area contributed by atoms with E-state index < -0.39 is 10.0 Å². The first-order valence-corrected chi connectivity index (χ1v) is 11.3. The van der Waals surface area contributed by atoms with Crippen LogP contribution in [0.3, 0.4) is 0 Å². The van der Waals surface area contributed by atoms with E-state index in [1.165, 1.54) is 22.7 Å². The van der Waals surface area contributed by atoms with Gasteiger partial charge in [-0.2, -0.15) is 0 Å². The smallest absolute Gasteiger partial charge is 0.273 e. The molecule has 1 amide bonds. The third-order valence-electron chi connectivity index (χ3n) is 3.83. The molecule has 0 saturated heterocycles. The van der Waals surface area contributed by atoms with Crippen LogP contribution in [0.25, 0.3) is 0 Å². The van der Waals surface area contributed by atoms with Crippen molar-refractivity contribution in [3.05, 3.63) is 70.5 Å². The molecule has 28 heavy (non-hydrogen) atoms. The standard InChI is InChI=1S/C19H17BrN2O4S2/c1-22(28(24,25)19-7-4-12-27-19)14-8-10-15(11-9-14)26-13-18(23)21-17-6-3-2-5-16(17)20/h2-12H,13H2,1H3,(H,21,23). The van der Waals surface area contributed by atoms with Crippen molar-refractivity contribution in [2.75, 3.05) is 23.3 Å². The minimum atomic E-state index is -3.58. The number of hydrogen-bond acceptors (Lipinski definition) is 5. The van der Waals surface area contributed by atoms with E-state index in [0.717, 1.165) is 4.47 Å². The minimum Gasteiger partial charge on any atom is -0.484 e. The number of benzene rings is 2. The summed E-state index contributed by atoms with van der Waals surface area (Å²) in [6.45, 7) is -0.163. The molecule has 0 unspecified atom stereocenters. The second-order valence-corrected chi connectivity index (χ2v) is 9.71. The van der Waals surface area contributed by atoms with Crippen molar-refractivity contribution in [2.45, 2.75) is 4.21 Å². The summed E-state index contributed by atoms with van der Waals surface area (Å²) in [5.41, 5.74) is 1.16. The molecule has 0 aliphatic carbocycles. The molecule has 3 aromatic rings. The number of para-hydroxylation sites is 1. The molecule has 2 aromatic carbocycles. The van der Waals surface area contributed by atoms with E-state index in [2.05, 4.69) is 21.2 Å². The van der Waals surface area contributed by atoms with Gasteiger partial charge < -0.3 is 10.1 Å². The fraction of sp³-hybridized carbons (Fsp3) is 0.105. The highest BCUT2D eigenvalue weighted by Crippen LogP contribution is 2.26. The fourth-order valence-electron chi connectivity index (χ4n) is 2.33. The fourth-order valence-corrected chi connectivity index (χ4v) is 5.07. The molecule has 0 aliphatic rings. The summed E-state index contributed by atoms with van der Waals surface area (Å²) in [6.07, 6.45) is 0. The van der Waals surface area contributed by atoms with Gasteiger partial charge in [0.05, 0.1) is 11.4 Å². The molecular weight excluding hydrogens is 464 g/mol. The van der Waals surface area contributed by atoms with Gasteiger partial charge >= 0.3 is 0 Å². The average molecular weight is 481 g/mol. The summed E-state index contributed by atoms with van der Waals surface area (Å²) in [5, 5.41) is 4.47. The number of carbonyl (C=O) groups is 1. The molecule has 0 bridgehead atoms. The van der Waals surface area contributed by atoms with Crippen LogP contribution < -0.4 is 14.4 Å². The zero-order valence-electron chi connectivity index (χ0n) is 14.8. The van der Waals surface area contributed by atoms with Gasteiger partial charge in [0.15, 0.2) is 6.61 Å². The highest BCUT2D eigenvalue weighted by Gasteiger charge is 2.22. The SMILES string of the molecule is CN(c1ccc(OCC(=O)Nc2ccccc2Br)cc1)S(=O)(=O)c1cccs1. The van der Waals surface area contributed by atoms with Crippen molar-refractivity contribution >= 4 is 54.6 Å². The van der Waals surface area contributed by atoms with E-state index in [4.69, 9.17) is 4.74 Å². The molecule has 6 nitrogen and oxygen atoms in total. The first-order valence-electron chi connectivity index (χ1n) is 8.17. The first kappa shape index (κ1) is 20.4. The number of carbonyl (C=O) groups excluding carboxylic acids is 1. The third kappa shape index (κ3) is 4.73. The van der Waals surface area contributed by atoms with Gasteiger partial charge in [0.2, 0.25) is 0 Å². The zero-order valence-corrected chi connectivity index (χ0v) is 18.1. The number of nitrogens with zero attached hydrogens (tertiary/aromatic N) is 1. The van der Waals surface area contributed by atoms with Gasteiger partial charge in [-0.3, -0.25) is 9.10 Å². The normalized spacial score (nSPS) is 11.1. The maximum atomic E-state index is 12.5. The number of halogens is 1. The summed E-state index contributed by atoms with van der Waals surface area (Å²) < 4.78 is 32.8. The second kappa shape index (κ2) is 8.76. The van der Waals surface area contributed by atoms with Gasteiger partial charge in [-0.15, -0.1) is 11.3 Å². The van der Waals surface area contributed by atoms with Gasteiger partial charge in [-0.05, 0) is 63.8 Å². The van der Waals surface area contributed by atoms with E-state index >= 15 is 0 Å².